The van der Waals surface area contributed by atoms with E-state index in [2.05, 4.69) is 35.4 Å². The van der Waals surface area contributed by atoms with Crippen molar-refractivity contribution in [2.45, 2.75) is 6.92 Å². The Balaban J connectivity index is 1.64. The normalized spacial score (nSPS) is 10.8. The van der Waals surface area contributed by atoms with Crippen molar-refractivity contribution in [3.8, 4) is 5.82 Å². The molecule has 26 heavy (non-hydrogen) atoms. The van der Waals surface area contributed by atoms with Crippen molar-refractivity contribution < 1.29 is 4.92 Å². The molecule has 0 amide bonds. The van der Waals surface area contributed by atoms with Crippen molar-refractivity contribution in [2.24, 2.45) is 0 Å². The van der Waals surface area contributed by atoms with Gasteiger partial charge in [0.1, 0.15) is 12.0 Å². The van der Waals surface area contributed by atoms with Crippen LogP contribution < -0.4 is 5.32 Å². The Hall–Kier alpha value is -3.67. The van der Waals surface area contributed by atoms with Gasteiger partial charge in [-0.25, -0.2) is 4.98 Å². The standard InChI is InChI=1S/C20H16N4O2/c1-14-2-4-16(5-3-14)22-17-6-8-19-15(12-17)10-11-23(19)20-9-7-18(13-21-20)24(25)26/h2-13,22H,1H3. The molecule has 0 saturated carbocycles. The topological polar surface area (TPSA) is 73.0 Å². The minimum Gasteiger partial charge on any atom is -0.356 e. The Morgan fingerprint density at radius 2 is 1.77 bits per heavy atom. The zero-order valence-electron chi connectivity index (χ0n) is 14.1. The average Bonchev–Trinajstić information content (AvgIpc) is 3.07. The quantitative estimate of drug-likeness (QED) is 0.418. The second-order valence-corrected chi connectivity index (χ2v) is 6.08. The Morgan fingerprint density at radius 3 is 2.46 bits per heavy atom. The molecule has 2 heterocycles. The summed E-state index contributed by atoms with van der Waals surface area (Å²) in [5.41, 5.74) is 4.22. The van der Waals surface area contributed by atoms with Gasteiger partial charge in [0.2, 0.25) is 0 Å². The fraction of sp³-hybridized carbons (Fsp3) is 0.0500. The van der Waals surface area contributed by atoms with E-state index in [9.17, 15) is 10.1 Å². The fourth-order valence-electron chi connectivity index (χ4n) is 2.85. The molecular weight excluding hydrogens is 328 g/mol. The lowest BCUT2D eigenvalue weighted by atomic mass is 10.2. The molecule has 0 fully saturated rings. The average molecular weight is 344 g/mol. The minimum absolute atomic E-state index is 0.0187. The Morgan fingerprint density at radius 1 is 1.00 bits per heavy atom. The van der Waals surface area contributed by atoms with E-state index in [0.29, 0.717) is 5.82 Å². The van der Waals surface area contributed by atoms with Crippen molar-refractivity contribution >= 4 is 28.0 Å². The van der Waals surface area contributed by atoms with Gasteiger partial charge in [0, 0.05) is 29.0 Å². The highest BCUT2D eigenvalue weighted by Gasteiger charge is 2.09. The molecule has 0 saturated heterocycles. The molecule has 0 radical (unpaired) electrons. The highest BCUT2D eigenvalue weighted by molar-refractivity contribution is 5.86. The Kier molecular flexibility index (Phi) is 3.85. The highest BCUT2D eigenvalue weighted by atomic mass is 16.6. The molecule has 0 aliphatic heterocycles. The van der Waals surface area contributed by atoms with E-state index in [4.69, 9.17) is 0 Å². The molecule has 6 heteroatoms. The molecule has 0 unspecified atom stereocenters. The van der Waals surface area contributed by atoms with Crippen LogP contribution in [0, 0.1) is 17.0 Å². The van der Waals surface area contributed by atoms with E-state index in [1.807, 2.05) is 41.1 Å². The molecule has 4 rings (SSSR count). The van der Waals surface area contributed by atoms with Crippen LogP contribution in [0.4, 0.5) is 17.1 Å². The first-order valence-corrected chi connectivity index (χ1v) is 8.16. The van der Waals surface area contributed by atoms with Gasteiger partial charge >= 0.3 is 0 Å². The van der Waals surface area contributed by atoms with Crippen molar-refractivity contribution in [1.29, 1.82) is 0 Å². The first-order chi connectivity index (χ1) is 12.6. The van der Waals surface area contributed by atoms with E-state index in [-0.39, 0.29) is 5.69 Å². The summed E-state index contributed by atoms with van der Waals surface area (Å²) in [6.45, 7) is 2.06. The molecule has 0 spiro atoms. The van der Waals surface area contributed by atoms with Crippen LogP contribution in [-0.2, 0) is 0 Å². The predicted molar refractivity (Wildman–Crippen MR) is 102 cm³/mol. The van der Waals surface area contributed by atoms with Crippen LogP contribution >= 0.6 is 0 Å². The van der Waals surface area contributed by atoms with E-state index in [1.54, 1.807) is 6.07 Å². The molecular formula is C20H16N4O2. The lowest BCUT2D eigenvalue weighted by Gasteiger charge is -2.08. The van der Waals surface area contributed by atoms with E-state index in [1.165, 1.54) is 17.8 Å². The van der Waals surface area contributed by atoms with Gasteiger partial charge in [-0.15, -0.1) is 0 Å². The van der Waals surface area contributed by atoms with E-state index < -0.39 is 4.92 Å². The third kappa shape index (κ3) is 3.00. The molecule has 6 nitrogen and oxygen atoms in total. The molecule has 0 aliphatic rings. The van der Waals surface area contributed by atoms with E-state index >= 15 is 0 Å². The summed E-state index contributed by atoms with van der Waals surface area (Å²) in [6.07, 6.45) is 3.18. The fourth-order valence-corrected chi connectivity index (χ4v) is 2.85. The number of nitrogens with one attached hydrogen (secondary N) is 1. The Labute approximate surface area is 149 Å². The summed E-state index contributed by atoms with van der Waals surface area (Å²) in [6, 6.07) is 19.4. The summed E-state index contributed by atoms with van der Waals surface area (Å²) >= 11 is 0. The summed E-state index contributed by atoms with van der Waals surface area (Å²) < 4.78 is 1.91. The van der Waals surface area contributed by atoms with Gasteiger partial charge in [-0.1, -0.05) is 17.7 Å². The lowest BCUT2D eigenvalue weighted by molar-refractivity contribution is -0.385. The van der Waals surface area contributed by atoms with Crippen molar-refractivity contribution in [2.75, 3.05) is 5.32 Å². The number of fused-ring (bicyclic) bond motifs is 1. The predicted octanol–water partition coefficient (Wildman–Crippen LogP) is 4.99. The number of anilines is 2. The number of hydrogen-bond acceptors (Lipinski definition) is 4. The van der Waals surface area contributed by atoms with Crippen LogP contribution in [0.5, 0.6) is 0 Å². The monoisotopic (exact) mass is 344 g/mol. The number of nitro groups is 1. The van der Waals surface area contributed by atoms with Gasteiger partial charge in [0.05, 0.1) is 10.4 Å². The molecule has 1 N–H and O–H groups in total. The maximum Gasteiger partial charge on any atom is 0.287 e. The maximum absolute atomic E-state index is 10.8. The first kappa shape index (κ1) is 15.8. The number of nitrogens with zero attached hydrogens (tertiary/aromatic N) is 3. The van der Waals surface area contributed by atoms with Crippen LogP contribution in [0.25, 0.3) is 16.7 Å². The molecule has 2 aromatic carbocycles. The van der Waals surface area contributed by atoms with Crippen molar-refractivity contribution in [1.82, 2.24) is 9.55 Å². The number of benzene rings is 2. The van der Waals surface area contributed by atoms with Gasteiger partial charge in [-0.05, 0) is 49.4 Å². The molecule has 4 aromatic rings. The Bertz CT molecular complexity index is 1080. The number of hydrogen-bond donors (Lipinski definition) is 1. The third-order valence-electron chi connectivity index (χ3n) is 4.22. The van der Waals surface area contributed by atoms with Gasteiger partial charge in [-0.2, -0.15) is 0 Å². The van der Waals surface area contributed by atoms with Crippen LogP contribution in [0.3, 0.4) is 0 Å². The molecule has 0 atom stereocenters. The zero-order valence-corrected chi connectivity index (χ0v) is 14.1. The number of aryl methyl sites for hydroxylation is 1. The van der Waals surface area contributed by atoms with Crippen molar-refractivity contribution in [3.63, 3.8) is 0 Å². The third-order valence-corrected chi connectivity index (χ3v) is 4.22. The summed E-state index contributed by atoms with van der Waals surface area (Å²) in [7, 11) is 0. The lowest BCUT2D eigenvalue weighted by Crippen LogP contribution is -1.97. The van der Waals surface area contributed by atoms with Crippen LogP contribution in [0.1, 0.15) is 5.56 Å². The second kappa shape index (κ2) is 6.33. The van der Waals surface area contributed by atoms with Crippen LogP contribution in [0.15, 0.2) is 73.1 Å². The molecule has 128 valence electrons. The van der Waals surface area contributed by atoms with Gasteiger partial charge in [-0.3, -0.25) is 10.1 Å². The van der Waals surface area contributed by atoms with Crippen molar-refractivity contribution in [3.05, 3.63) is 88.7 Å². The second-order valence-electron chi connectivity index (χ2n) is 6.08. The number of aromatic nitrogens is 2. The molecule has 0 aliphatic carbocycles. The smallest absolute Gasteiger partial charge is 0.287 e. The van der Waals surface area contributed by atoms with Gasteiger partial charge in [0.15, 0.2) is 0 Å². The van der Waals surface area contributed by atoms with Crippen LogP contribution in [0.2, 0.25) is 0 Å². The molecule has 0 bridgehead atoms. The SMILES string of the molecule is Cc1ccc(Nc2ccc3c(ccn3-c3ccc([N+](=O)[O-])cn3)c2)cc1. The minimum atomic E-state index is -0.451. The largest absolute Gasteiger partial charge is 0.356 e. The van der Waals surface area contributed by atoms with Crippen LogP contribution in [-0.4, -0.2) is 14.5 Å². The summed E-state index contributed by atoms with van der Waals surface area (Å²) in [4.78, 5) is 14.5. The summed E-state index contributed by atoms with van der Waals surface area (Å²) in [5, 5.41) is 15.2. The van der Waals surface area contributed by atoms with E-state index in [0.717, 1.165) is 22.3 Å². The molecule has 2 aromatic heterocycles. The first-order valence-electron chi connectivity index (χ1n) is 8.16. The summed E-state index contributed by atoms with van der Waals surface area (Å²) in [5.74, 6) is 0.643. The number of pyridine rings is 1. The highest BCUT2D eigenvalue weighted by Crippen LogP contribution is 2.25. The van der Waals surface area contributed by atoms with Gasteiger partial charge in [0.25, 0.3) is 5.69 Å². The zero-order chi connectivity index (χ0) is 18.1. The van der Waals surface area contributed by atoms with Gasteiger partial charge < -0.3 is 9.88 Å². The maximum atomic E-state index is 10.8. The number of rotatable bonds is 4.